The van der Waals surface area contributed by atoms with Gasteiger partial charge in [0.15, 0.2) is 0 Å². The van der Waals surface area contributed by atoms with Crippen molar-refractivity contribution in [2.75, 3.05) is 19.6 Å². The highest BCUT2D eigenvalue weighted by molar-refractivity contribution is 5.94. The number of benzene rings is 1. The van der Waals surface area contributed by atoms with Crippen LogP contribution < -0.4 is 16.5 Å². The fourth-order valence-electron chi connectivity index (χ4n) is 2.96. The molecule has 0 radical (unpaired) electrons. The Bertz CT molecular complexity index is 713. The van der Waals surface area contributed by atoms with Gasteiger partial charge >= 0.3 is 12.1 Å². The van der Waals surface area contributed by atoms with Crippen molar-refractivity contribution in [3.8, 4) is 0 Å². The average molecular weight is 392 g/mol. The van der Waals surface area contributed by atoms with Crippen LogP contribution in [0.4, 0.5) is 17.6 Å². The number of carboxylic acid groups (broad SMARTS) is 1. The van der Waals surface area contributed by atoms with Crippen LogP contribution in [0.1, 0.15) is 28.9 Å². The fourth-order valence-corrected chi connectivity index (χ4v) is 2.96. The molecule has 27 heavy (non-hydrogen) atoms. The number of hydrogen-bond donors (Lipinski definition) is 4. The number of carboxylic acids is 1. The standard InChI is InChI=1S/C16H20F4N4O3/c1-2-24-13(11(6-23-24)16(18,19)20)8-3-9(5-10(17)4-8)14(25)22-7-12(21)15(26)27/h3-5,11-13,23H,2,6-7,21H2,1H3,(H,22,25)(H,26,27)/t11?,12-,13?/m1/s1. The summed E-state index contributed by atoms with van der Waals surface area (Å²) in [5, 5.41) is 12.3. The molecule has 1 saturated heterocycles. The van der Waals surface area contributed by atoms with E-state index in [1.54, 1.807) is 6.92 Å². The molecule has 0 aromatic heterocycles. The van der Waals surface area contributed by atoms with Gasteiger partial charge in [-0.05, 0) is 23.8 Å². The molecule has 7 nitrogen and oxygen atoms in total. The summed E-state index contributed by atoms with van der Waals surface area (Å²) in [6.07, 6.45) is -4.51. The van der Waals surface area contributed by atoms with Crippen LogP contribution in [0.25, 0.3) is 0 Å². The predicted octanol–water partition coefficient (Wildman–Crippen LogP) is 1.03. The summed E-state index contributed by atoms with van der Waals surface area (Å²) in [4.78, 5) is 22.8. The van der Waals surface area contributed by atoms with Crippen molar-refractivity contribution in [1.29, 1.82) is 0 Å². The van der Waals surface area contributed by atoms with Gasteiger partial charge in [0.05, 0.1) is 12.0 Å². The number of aliphatic carboxylic acids is 1. The lowest BCUT2D eigenvalue weighted by molar-refractivity contribution is -0.177. The van der Waals surface area contributed by atoms with Crippen LogP contribution in [0, 0.1) is 11.7 Å². The maximum absolute atomic E-state index is 14.0. The summed E-state index contributed by atoms with van der Waals surface area (Å²) in [7, 11) is 0. The zero-order valence-electron chi connectivity index (χ0n) is 14.4. The molecule has 1 aromatic carbocycles. The molecule has 1 aliphatic heterocycles. The van der Waals surface area contributed by atoms with E-state index in [0.29, 0.717) is 0 Å². The van der Waals surface area contributed by atoms with E-state index in [2.05, 4.69) is 10.7 Å². The molecule has 0 spiro atoms. The molecule has 1 aliphatic rings. The molecule has 1 aromatic rings. The third-order valence-electron chi connectivity index (χ3n) is 4.32. The van der Waals surface area contributed by atoms with E-state index in [1.807, 2.05) is 0 Å². The van der Waals surface area contributed by atoms with E-state index in [9.17, 15) is 27.2 Å². The van der Waals surface area contributed by atoms with E-state index in [0.717, 1.165) is 12.1 Å². The van der Waals surface area contributed by atoms with Crippen LogP contribution in [-0.4, -0.2) is 53.8 Å². The van der Waals surface area contributed by atoms with Crippen molar-refractivity contribution in [3.05, 3.63) is 35.1 Å². The number of rotatable bonds is 6. The van der Waals surface area contributed by atoms with Gasteiger partial charge in [0.2, 0.25) is 0 Å². The Labute approximate surface area is 152 Å². The lowest BCUT2D eigenvalue weighted by atomic mass is 9.92. The minimum atomic E-state index is -4.51. The van der Waals surface area contributed by atoms with Crippen LogP contribution >= 0.6 is 0 Å². The molecular weight excluding hydrogens is 372 g/mol. The van der Waals surface area contributed by atoms with E-state index in [1.165, 1.54) is 11.1 Å². The normalized spacial score (nSPS) is 21.9. The van der Waals surface area contributed by atoms with E-state index in [4.69, 9.17) is 10.8 Å². The zero-order chi connectivity index (χ0) is 20.4. The minimum absolute atomic E-state index is 0.00291. The summed E-state index contributed by atoms with van der Waals surface area (Å²) in [5.74, 6) is -4.80. The molecule has 11 heteroatoms. The van der Waals surface area contributed by atoms with Gasteiger partial charge in [-0.1, -0.05) is 6.92 Å². The number of nitrogens with one attached hydrogen (secondary N) is 2. The third kappa shape index (κ3) is 4.93. The van der Waals surface area contributed by atoms with Gasteiger partial charge in [0.1, 0.15) is 11.9 Å². The molecule has 1 fully saturated rings. The monoisotopic (exact) mass is 392 g/mol. The summed E-state index contributed by atoms with van der Waals surface area (Å²) in [5.41, 5.74) is 7.70. The Hall–Kier alpha value is -2.24. The summed E-state index contributed by atoms with van der Waals surface area (Å²) in [6.45, 7) is 1.13. The Kier molecular flexibility index (Phi) is 6.39. The topological polar surface area (TPSA) is 108 Å². The minimum Gasteiger partial charge on any atom is -0.480 e. The largest absolute Gasteiger partial charge is 0.480 e. The zero-order valence-corrected chi connectivity index (χ0v) is 14.4. The number of carbonyl (C=O) groups is 2. The van der Waals surface area contributed by atoms with Crippen molar-refractivity contribution in [3.63, 3.8) is 0 Å². The molecule has 150 valence electrons. The van der Waals surface area contributed by atoms with Crippen LogP contribution in [0.5, 0.6) is 0 Å². The van der Waals surface area contributed by atoms with E-state index >= 15 is 0 Å². The lowest BCUT2D eigenvalue weighted by Gasteiger charge is -2.28. The van der Waals surface area contributed by atoms with Crippen molar-refractivity contribution in [2.45, 2.75) is 25.2 Å². The Morgan fingerprint density at radius 2 is 2.07 bits per heavy atom. The van der Waals surface area contributed by atoms with Crippen molar-refractivity contribution < 1.29 is 32.3 Å². The van der Waals surface area contributed by atoms with Crippen LogP contribution in [0.3, 0.4) is 0 Å². The molecule has 1 heterocycles. The second kappa shape index (κ2) is 8.19. The summed E-state index contributed by atoms with van der Waals surface area (Å²) in [6, 6.07) is 0.444. The smallest absolute Gasteiger partial charge is 0.394 e. The highest BCUT2D eigenvalue weighted by atomic mass is 19.4. The van der Waals surface area contributed by atoms with Crippen LogP contribution in [0.2, 0.25) is 0 Å². The first kappa shape index (κ1) is 21.1. The van der Waals surface area contributed by atoms with Gasteiger partial charge in [-0.15, -0.1) is 0 Å². The molecule has 0 saturated carbocycles. The number of halogens is 4. The van der Waals surface area contributed by atoms with Gasteiger partial charge in [0.25, 0.3) is 5.91 Å². The highest BCUT2D eigenvalue weighted by Crippen LogP contribution is 2.42. The summed E-state index contributed by atoms with van der Waals surface area (Å²) >= 11 is 0. The number of nitrogens with zero attached hydrogens (tertiary/aromatic N) is 1. The number of nitrogens with two attached hydrogens (primary N) is 1. The Morgan fingerprint density at radius 1 is 1.41 bits per heavy atom. The lowest BCUT2D eigenvalue weighted by Crippen LogP contribution is -2.42. The van der Waals surface area contributed by atoms with Crippen LogP contribution in [0.15, 0.2) is 18.2 Å². The van der Waals surface area contributed by atoms with E-state index in [-0.39, 0.29) is 24.2 Å². The fraction of sp³-hybridized carbons (Fsp3) is 0.500. The molecule has 0 bridgehead atoms. The van der Waals surface area contributed by atoms with Crippen molar-refractivity contribution >= 4 is 11.9 Å². The number of carbonyl (C=O) groups excluding carboxylic acids is 1. The number of hydrazine groups is 1. The second-order valence-electron chi connectivity index (χ2n) is 6.17. The molecule has 5 N–H and O–H groups in total. The van der Waals surface area contributed by atoms with E-state index < -0.39 is 48.4 Å². The first-order valence-electron chi connectivity index (χ1n) is 8.18. The number of alkyl halides is 3. The molecule has 2 unspecified atom stereocenters. The summed E-state index contributed by atoms with van der Waals surface area (Å²) < 4.78 is 54.0. The van der Waals surface area contributed by atoms with Gasteiger partial charge in [-0.25, -0.2) is 9.40 Å². The number of hydrogen-bond acceptors (Lipinski definition) is 5. The van der Waals surface area contributed by atoms with Crippen molar-refractivity contribution in [1.82, 2.24) is 15.8 Å². The third-order valence-corrected chi connectivity index (χ3v) is 4.32. The average Bonchev–Trinajstić information content (AvgIpc) is 3.03. The molecule has 3 atom stereocenters. The molecular formula is C16H20F4N4O3. The maximum Gasteiger partial charge on any atom is 0.394 e. The predicted molar refractivity (Wildman–Crippen MR) is 87.0 cm³/mol. The molecule has 2 rings (SSSR count). The maximum atomic E-state index is 14.0. The van der Waals surface area contributed by atoms with Crippen molar-refractivity contribution in [2.24, 2.45) is 11.7 Å². The van der Waals surface area contributed by atoms with Gasteiger partial charge < -0.3 is 16.2 Å². The quantitative estimate of drug-likeness (QED) is 0.539. The van der Waals surface area contributed by atoms with Gasteiger partial charge in [-0.3, -0.25) is 15.0 Å². The SMILES string of the molecule is CCN1NCC(C(F)(F)F)C1c1cc(F)cc(C(=O)NC[C@@H](N)C(=O)O)c1. The van der Waals surface area contributed by atoms with Gasteiger partial charge in [0, 0.05) is 25.2 Å². The van der Waals surface area contributed by atoms with Gasteiger partial charge in [-0.2, -0.15) is 13.2 Å². The molecule has 0 aliphatic carbocycles. The Morgan fingerprint density at radius 3 is 2.63 bits per heavy atom. The second-order valence-corrected chi connectivity index (χ2v) is 6.17. The van der Waals surface area contributed by atoms with Crippen LogP contribution in [-0.2, 0) is 4.79 Å². The first-order valence-corrected chi connectivity index (χ1v) is 8.18. The molecule has 1 amide bonds. The number of amides is 1. The highest BCUT2D eigenvalue weighted by Gasteiger charge is 2.50. The first-order chi connectivity index (χ1) is 12.5. The Balaban J connectivity index is 2.30.